The smallest absolute Gasteiger partial charge is 0.326 e. The van der Waals surface area contributed by atoms with Crippen molar-refractivity contribution < 1.29 is 19.4 Å². The number of carboxylic acids is 1. The predicted molar refractivity (Wildman–Crippen MR) is 68.4 cm³/mol. The summed E-state index contributed by atoms with van der Waals surface area (Å²) in [6.07, 6.45) is 0.132. The van der Waals surface area contributed by atoms with Crippen LogP contribution in [-0.2, 0) is 20.9 Å². The SMILES string of the molecule is CC(=O)N1C[C@@H](OCc2ccccc2)C[C@H]1C(=O)O. The third-order valence-corrected chi connectivity index (χ3v) is 3.28. The molecule has 0 aliphatic carbocycles. The van der Waals surface area contributed by atoms with E-state index in [9.17, 15) is 9.59 Å². The Morgan fingerprint density at radius 3 is 2.58 bits per heavy atom. The Kier molecular flexibility index (Phi) is 4.16. The van der Waals surface area contributed by atoms with Gasteiger partial charge in [0.05, 0.1) is 12.7 Å². The topological polar surface area (TPSA) is 66.8 Å². The summed E-state index contributed by atoms with van der Waals surface area (Å²) in [6.45, 7) is 2.16. The zero-order valence-corrected chi connectivity index (χ0v) is 10.8. The number of nitrogens with zero attached hydrogens (tertiary/aromatic N) is 1. The monoisotopic (exact) mass is 263 g/mol. The summed E-state index contributed by atoms with van der Waals surface area (Å²) in [4.78, 5) is 23.8. The first-order chi connectivity index (χ1) is 9.08. The normalized spacial score (nSPS) is 22.5. The lowest BCUT2D eigenvalue weighted by Gasteiger charge is -2.18. The van der Waals surface area contributed by atoms with Crippen LogP contribution in [0.25, 0.3) is 0 Å². The van der Waals surface area contributed by atoms with Gasteiger partial charge in [-0.25, -0.2) is 4.79 Å². The second-order valence-corrected chi connectivity index (χ2v) is 4.68. The molecule has 1 aliphatic heterocycles. The van der Waals surface area contributed by atoms with Crippen molar-refractivity contribution in [1.82, 2.24) is 4.90 Å². The number of amides is 1. The molecule has 2 atom stereocenters. The van der Waals surface area contributed by atoms with Gasteiger partial charge in [0.15, 0.2) is 0 Å². The average Bonchev–Trinajstić information content (AvgIpc) is 2.82. The molecular weight excluding hydrogens is 246 g/mol. The van der Waals surface area contributed by atoms with Crippen LogP contribution in [0.1, 0.15) is 18.9 Å². The molecule has 2 rings (SSSR count). The van der Waals surface area contributed by atoms with E-state index in [-0.39, 0.29) is 12.0 Å². The predicted octanol–water partition coefficient (Wildman–Crippen LogP) is 1.28. The standard InChI is InChI=1S/C14H17NO4/c1-10(16)15-8-12(7-13(15)14(17)18)19-9-11-5-3-2-4-6-11/h2-6,12-13H,7-9H2,1H3,(H,17,18)/t12-,13-/m0/s1. The van der Waals surface area contributed by atoms with E-state index in [0.29, 0.717) is 19.6 Å². The Balaban J connectivity index is 1.93. The largest absolute Gasteiger partial charge is 0.480 e. The Morgan fingerprint density at radius 1 is 1.37 bits per heavy atom. The summed E-state index contributed by atoms with van der Waals surface area (Å²) >= 11 is 0. The first-order valence-corrected chi connectivity index (χ1v) is 6.23. The van der Waals surface area contributed by atoms with Gasteiger partial charge in [-0.1, -0.05) is 30.3 Å². The number of aliphatic carboxylic acids is 1. The number of ether oxygens (including phenoxy) is 1. The Bertz CT molecular complexity index is 438. The van der Waals surface area contributed by atoms with Crippen molar-refractivity contribution in [3.8, 4) is 0 Å². The highest BCUT2D eigenvalue weighted by atomic mass is 16.5. The van der Waals surface area contributed by atoms with Gasteiger partial charge in [0.2, 0.25) is 5.91 Å². The minimum absolute atomic E-state index is 0.217. The van der Waals surface area contributed by atoms with E-state index in [4.69, 9.17) is 9.84 Å². The average molecular weight is 263 g/mol. The minimum Gasteiger partial charge on any atom is -0.480 e. The van der Waals surface area contributed by atoms with Gasteiger partial charge in [0, 0.05) is 19.9 Å². The lowest BCUT2D eigenvalue weighted by atomic mass is 10.2. The fraction of sp³-hybridized carbons (Fsp3) is 0.429. The van der Waals surface area contributed by atoms with Crippen LogP contribution in [0, 0.1) is 0 Å². The van der Waals surface area contributed by atoms with Crippen LogP contribution in [0.3, 0.4) is 0 Å². The highest BCUT2D eigenvalue weighted by molar-refractivity contribution is 5.83. The van der Waals surface area contributed by atoms with E-state index < -0.39 is 12.0 Å². The number of carboxylic acid groups (broad SMARTS) is 1. The summed E-state index contributed by atoms with van der Waals surface area (Å²) in [7, 11) is 0. The number of benzene rings is 1. The summed E-state index contributed by atoms with van der Waals surface area (Å²) in [6, 6.07) is 8.92. The third-order valence-electron chi connectivity index (χ3n) is 3.28. The first-order valence-electron chi connectivity index (χ1n) is 6.23. The molecule has 1 amide bonds. The van der Waals surface area contributed by atoms with Crippen LogP contribution in [0.5, 0.6) is 0 Å². The van der Waals surface area contributed by atoms with Crippen molar-refractivity contribution in [2.45, 2.75) is 32.1 Å². The fourth-order valence-electron chi connectivity index (χ4n) is 2.29. The number of carbonyl (C=O) groups is 2. The van der Waals surface area contributed by atoms with Crippen molar-refractivity contribution in [3.05, 3.63) is 35.9 Å². The summed E-state index contributed by atoms with van der Waals surface area (Å²) in [5, 5.41) is 9.09. The molecule has 0 spiro atoms. The van der Waals surface area contributed by atoms with E-state index in [2.05, 4.69) is 0 Å². The van der Waals surface area contributed by atoms with Crippen LogP contribution < -0.4 is 0 Å². The van der Waals surface area contributed by atoms with Crippen LogP contribution in [0.4, 0.5) is 0 Å². The van der Waals surface area contributed by atoms with Gasteiger partial charge in [-0.2, -0.15) is 0 Å². The van der Waals surface area contributed by atoms with Gasteiger partial charge < -0.3 is 14.7 Å². The van der Waals surface area contributed by atoms with Crippen LogP contribution in [0.15, 0.2) is 30.3 Å². The lowest BCUT2D eigenvalue weighted by Crippen LogP contribution is -2.39. The summed E-state index contributed by atoms with van der Waals surface area (Å²) in [5.74, 6) is -1.20. The van der Waals surface area contributed by atoms with Crippen LogP contribution in [0.2, 0.25) is 0 Å². The number of carbonyl (C=O) groups excluding carboxylic acids is 1. The van der Waals surface area contributed by atoms with Gasteiger partial charge >= 0.3 is 5.97 Å². The number of hydrogen-bond acceptors (Lipinski definition) is 3. The molecule has 1 aromatic carbocycles. The van der Waals surface area contributed by atoms with E-state index >= 15 is 0 Å². The maximum atomic E-state index is 11.4. The lowest BCUT2D eigenvalue weighted by molar-refractivity contribution is -0.147. The maximum absolute atomic E-state index is 11.4. The van der Waals surface area contributed by atoms with Crippen molar-refractivity contribution in [1.29, 1.82) is 0 Å². The van der Waals surface area contributed by atoms with Crippen molar-refractivity contribution in [3.63, 3.8) is 0 Å². The van der Waals surface area contributed by atoms with Crippen LogP contribution >= 0.6 is 0 Å². The molecular formula is C14H17NO4. The molecule has 102 valence electrons. The summed E-state index contributed by atoms with van der Waals surface area (Å²) < 4.78 is 5.69. The van der Waals surface area contributed by atoms with Gasteiger partial charge in [-0.3, -0.25) is 4.79 Å². The van der Waals surface area contributed by atoms with Crippen molar-refractivity contribution in [2.75, 3.05) is 6.54 Å². The minimum atomic E-state index is -0.971. The van der Waals surface area contributed by atoms with Gasteiger partial charge in [-0.05, 0) is 5.56 Å². The second kappa shape index (κ2) is 5.84. The first kappa shape index (κ1) is 13.5. The van der Waals surface area contributed by atoms with Gasteiger partial charge in [0.1, 0.15) is 6.04 Å². The molecule has 1 N–H and O–H groups in total. The molecule has 0 unspecified atom stereocenters. The molecule has 19 heavy (non-hydrogen) atoms. The molecule has 1 aromatic rings. The third kappa shape index (κ3) is 3.32. The zero-order chi connectivity index (χ0) is 13.8. The van der Waals surface area contributed by atoms with Crippen molar-refractivity contribution in [2.24, 2.45) is 0 Å². The Morgan fingerprint density at radius 2 is 2.05 bits per heavy atom. The Hall–Kier alpha value is -1.88. The second-order valence-electron chi connectivity index (χ2n) is 4.68. The Labute approximate surface area is 111 Å². The molecule has 1 fully saturated rings. The molecule has 1 heterocycles. The molecule has 1 aliphatic rings. The molecule has 5 nitrogen and oxygen atoms in total. The van der Waals surface area contributed by atoms with Crippen molar-refractivity contribution >= 4 is 11.9 Å². The van der Waals surface area contributed by atoms with E-state index in [0.717, 1.165) is 5.56 Å². The molecule has 1 saturated heterocycles. The molecule has 0 saturated carbocycles. The van der Waals surface area contributed by atoms with E-state index in [1.54, 1.807) is 0 Å². The number of rotatable bonds is 4. The number of likely N-dealkylation sites (tertiary alicyclic amines) is 1. The van der Waals surface area contributed by atoms with Gasteiger partial charge in [-0.15, -0.1) is 0 Å². The quantitative estimate of drug-likeness (QED) is 0.888. The fourth-order valence-corrected chi connectivity index (χ4v) is 2.29. The molecule has 0 aromatic heterocycles. The maximum Gasteiger partial charge on any atom is 0.326 e. The molecule has 0 bridgehead atoms. The van der Waals surface area contributed by atoms with E-state index in [1.165, 1.54) is 11.8 Å². The highest BCUT2D eigenvalue weighted by Gasteiger charge is 2.38. The molecule has 5 heteroatoms. The molecule has 0 radical (unpaired) electrons. The zero-order valence-electron chi connectivity index (χ0n) is 10.8. The van der Waals surface area contributed by atoms with Crippen LogP contribution in [-0.4, -0.2) is 40.6 Å². The van der Waals surface area contributed by atoms with E-state index in [1.807, 2.05) is 30.3 Å². The van der Waals surface area contributed by atoms with Gasteiger partial charge in [0.25, 0.3) is 0 Å². The number of hydrogen-bond donors (Lipinski definition) is 1. The highest BCUT2D eigenvalue weighted by Crippen LogP contribution is 2.21. The summed E-state index contributed by atoms with van der Waals surface area (Å²) in [5.41, 5.74) is 1.04.